The SMILES string of the molecule is CCCCC1CC(Cl)CCO1. The van der Waals surface area contributed by atoms with E-state index in [1.54, 1.807) is 0 Å². The van der Waals surface area contributed by atoms with Crippen LogP contribution in [0.3, 0.4) is 0 Å². The minimum Gasteiger partial charge on any atom is -0.378 e. The Morgan fingerprint density at radius 1 is 1.55 bits per heavy atom. The fourth-order valence-electron chi connectivity index (χ4n) is 1.47. The molecule has 2 unspecified atom stereocenters. The van der Waals surface area contributed by atoms with E-state index in [2.05, 4.69) is 6.92 Å². The molecule has 0 radical (unpaired) electrons. The zero-order chi connectivity index (χ0) is 8.10. The lowest BCUT2D eigenvalue weighted by Gasteiger charge is -2.25. The molecule has 0 aromatic carbocycles. The van der Waals surface area contributed by atoms with Crippen molar-refractivity contribution in [2.24, 2.45) is 0 Å². The molecular formula is C9H17ClO. The Morgan fingerprint density at radius 3 is 3.00 bits per heavy atom. The third-order valence-electron chi connectivity index (χ3n) is 2.18. The Kier molecular flexibility index (Phi) is 4.24. The topological polar surface area (TPSA) is 9.23 Å². The highest BCUT2D eigenvalue weighted by molar-refractivity contribution is 6.20. The van der Waals surface area contributed by atoms with Crippen molar-refractivity contribution in [3.05, 3.63) is 0 Å². The molecule has 1 rings (SSSR count). The molecule has 2 atom stereocenters. The van der Waals surface area contributed by atoms with Gasteiger partial charge in [0.1, 0.15) is 0 Å². The summed E-state index contributed by atoms with van der Waals surface area (Å²) in [6.45, 7) is 3.07. The summed E-state index contributed by atoms with van der Waals surface area (Å²) in [5.41, 5.74) is 0. The second-order valence-corrected chi connectivity index (χ2v) is 3.87. The molecule has 66 valence electrons. The van der Waals surface area contributed by atoms with Gasteiger partial charge in [0, 0.05) is 12.0 Å². The first kappa shape index (κ1) is 9.34. The molecule has 0 amide bonds. The molecule has 0 aromatic rings. The normalized spacial score (nSPS) is 32.2. The summed E-state index contributed by atoms with van der Waals surface area (Å²) < 4.78 is 5.57. The van der Waals surface area contributed by atoms with Crippen molar-refractivity contribution in [2.45, 2.75) is 50.5 Å². The Bertz CT molecular complexity index is 106. The number of ether oxygens (including phenoxy) is 1. The van der Waals surface area contributed by atoms with Crippen LogP contribution in [0.4, 0.5) is 0 Å². The van der Waals surface area contributed by atoms with Crippen molar-refractivity contribution in [1.29, 1.82) is 0 Å². The van der Waals surface area contributed by atoms with Gasteiger partial charge in [-0.05, 0) is 19.3 Å². The third kappa shape index (κ3) is 3.44. The lowest BCUT2D eigenvalue weighted by atomic mass is 10.0. The van der Waals surface area contributed by atoms with Crippen molar-refractivity contribution in [3.8, 4) is 0 Å². The average molecular weight is 177 g/mol. The molecule has 11 heavy (non-hydrogen) atoms. The van der Waals surface area contributed by atoms with Gasteiger partial charge in [-0.1, -0.05) is 19.8 Å². The van der Waals surface area contributed by atoms with E-state index in [1.165, 1.54) is 19.3 Å². The van der Waals surface area contributed by atoms with Crippen LogP contribution in [0.2, 0.25) is 0 Å². The zero-order valence-corrected chi connectivity index (χ0v) is 7.94. The van der Waals surface area contributed by atoms with Crippen molar-refractivity contribution >= 4 is 11.6 Å². The summed E-state index contributed by atoms with van der Waals surface area (Å²) in [6.07, 6.45) is 6.26. The standard InChI is InChI=1S/C9H17ClO/c1-2-3-4-9-7-8(10)5-6-11-9/h8-9H,2-7H2,1H3. The molecule has 0 aromatic heterocycles. The van der Waals surface area contributed by atoms with Gasteiger partial charge in [0.15, 0.2) is 0 Å². The quantitative estimate of drug-likeness (QED) is 0.601. The van der Waals surface area contributed by atoms with E-state index in [9.17, 15) is 0 Å². The first-order valence-corrected chi connectivity index (χ1v) is 5.02. The molecule has 0 spiro atoms. The van der Waals surface area contributed by atoms with Crippen molar-refractivity contribution in [2.75, 3.05) is 6.61 Å². The molecule has 1 aliphatic heterocycles. The first-order valence-electron chi connectivity index (χ1n) is 4.58. The fraction of sp³-hybridized carbons (Fsp3) is 1.00. The largest absolute Gasteiger partial charge is 0.378 e. The van der Waals surface area contributed by atoms with E-state index in [0.717, 1.165) is 19.4 Å². The van der Waals surface area contributed by atoms with Crippen LogP contribution in [0.5, 0.6) is 0 Å². The number of alkyl halides is 1. The Balaban J connectivity index is 2.12. The average Bonchev–Trinajstić information content (AvgIpc) is 2.01. The van der Waals surface area contributed by atoms with Gasteiger partial charge >= 0.3 is 0 Å². The maximum absolute atomic E-state index is 6.01. The molecular weight excluding hydrogens is 160 g/mol. The van der Waals surface area contributed by atoms with Gasteiger partial charge < -0.3 is 4.74 Å². The molecule has 1 fully saturated rings. The van der Waals surface area contributed by atoms with E-state index in [1.807, 2.05) is 0 Å². The maximum atomic E-state index is 6.01. The minimum atomic E-state index is 0.366. The van der Waals surface area contributed by atoms with Gasteiger partial charge in [-0.15, -0.1) is 11.6 Å². The summed E-state index contributed by atoms with van der Waals surface area (Å²) in [4.78, 5) is 0. The van der Waals surface area contributed by atoms with Crippen molar-refractivity contribution in [1.82, 2.24) is 0 Å². The number of rotatable bonds is 3. The van der Waals surface area contributed by atoms with Gasteiger partial charge in [0.05, 0.1) is 6.10 Å². The number of unbranched alkanes of at least 4 members (excludes halogenated alkanes) is 1. The molecule has 1 heterocycles. The minimum absolute atomic E-state index is 0.366. The first-order chi connectivity index (χ1) is 5.33. The van der Waals surface area contributed by atoms with Gasteiger partial charge in [-0.25, -0.2) is 0 Å². The van der Waals surface area contributed by atoms with Crippen molar-refractivity contribution in [3.63, 3.8) is 0 Å². The van der Waals surface area contributed by atoms with E-state index < -0.39 is 0 Å². The van der Waals surface area contributed by atoms with Gasteiger partial charge in [0.25, 0.3) is 0 Å². The van der Waals surface area contributed by atoms with Crippen LogP contribution in [0.15, 0.2) is 0 Å². The summed E-state index contributed by atoms with van der Waals surface area (Å²) in [5.74, 6) is 0. The van der Waals surface area contributed by atoms with E-state index >= 15 is 0 Å². The van der Waals surface area contributed by atoms with E-state index in [0.29, 0.717) is 11.5 Å². The summed E-state index contributed by atoms with van der Waals surface area (Å²) >= 11 is 6.01. The van der Waals surface area contributed by atoms with Crippen molar-refractivity contribution < 1.29 is 4.74 Å². The predicted molar refractivity (Wildman–Crippen MR) is 48.1 cm³/mol. The highest BCUT2D eigenvalue weighted by Gasteiger charge is 2.19. The Labute approximate surface area is 74.1 Å². The molecule has 0 aliphatic carbocycles. The number of hydrogen-bond donors (Lipinski definition) is 0. The van der Waals surface area contributed by atoms with E-state index in [-0.39, 0.29) is 0 Å². The van der Waals surface area contributed by atoms with Gasteiger partial charge in [-0.3, -0.25) is 0 Å². The van der Waals surface area contributed by atoms with Crippen LogP contribution in [-0.2, 0) is 4.74 Å². The number of halogens is 1. The zero-order valence-electron chi connectivity index (χ0n) is 7.18. The number of hydrogen-bond acceptors (Lipinski definition) is 1. The molecule has 0 bridgehead atoms. The highest BCUT2D eigenvalue weighted by atomic mass is 35.5. The summed E-state index contributed by atoms with van der Waals surface area (Å²) in [6, 6.07) is 0. The monoisotopic (exact) mass is 176 g/mol. The molecule has 1 nitrogen and oxygen atoms in total. The van der Waals surface area contributed by atoms with Crippen LogP contribution in [0, 0.1) is 0 Å². The highest BCUT2D eigenvalue weighted by Crippen LogP contribution is 2.21. The Morgan fingerprint density at radius 2 is 2.36 bits per heavy atom. The molecule has 0 saturated carbocycles. The smallest absolute Gasteiger partial charge is 0.0589 e. The van der Waals surface area contributed by atoms with Gasteiger partial charge in [-0.2, -0.15) is 0 Å². The van der Waals surface area contributed by atoms with Crippen LogP contribution in [-0.4, -0.2) is 18.1 Å². The molecule has 0 N–H and O–H groups in total. The molecule has 1 aliphatic rings. The van der Waals surface area contributed by atoms with Crippen LogP contribution < -0.4 is 0 Å². The third-order valence-corrected chi connectivity index (χ3v) is 2.58. The summed E-state index contributed by atoms with van der Waals surface area (Å²) in [7, 11) is 0. The van der Waals surface area contributed by atoms with Gasteiger partial charge in [0.2, 0.25) is 0 Å². The Hall–Kier alpha value is 0.250. The second-order valence-electron chi connectivity index (χ2n) is 3.26. The molecule has 2 heteroatoms. The predicted octanol–water partition coefficient (Wildman–Crippen LogP) is 2.96. The maximum Gasteiger partial charge on any atom is 0.0589 e. The lowest BCUT2D eigenvalue weighted by molar-refractivity contribution is 0.0119. The van der Waals surface area contributed by atoms with Crippen LogP contribution in [0.1, 0.15) is 39.0 Å². The fourth-order valence-corrected chi connectivity index (χ4v) is 1.75. The van der Waals surface area contributed by atoms with Crippen LogP contribution in [0.25, 0.3) is 0 Å². The van der Waals surface area contributed by atoms with E-state index in [4.69, 9.17) is 16.3 Å². The van der Waals surface area contributed by atoms with Crippen LogP contribution >= 0.6 is 11.6 Å². The second kappa shape index (κ2) is 5.00. The summed E-state index contributed by atoms with van der Waals surface area (Å²) in [5, 5.41) is 0.366. The lowest BCUT2D eigenvalue weighted by Crippen LogP contribution is -2.25. The molecule has 1 saturated heterocycles.